The molecule has 0 heterocycles. The van der Waals surface area contributed by atoms with Gasteiger partial charge in [0.2, 0.25) is 0 Å². The van der Waals surface area contributed by atoms with Gasteiger partial charge in [-0.15, -0.1) is 0 Å². The van der Waals surface area contributed by atoms with Crippen molar-refractivity contribution in [2.24, 2.45) is 0 Å². The van der Waals surface area contributed by atoms with Crippen molar-refractivity contribution in [2.75, 3.05) is 0 Å². The van der Waals surface area contributed by atoms with Gasteiger partial charge in [0.25, 0.3) is 0 Å². The fourth-order valence-electron chi connectivity index (χ4n) is 6.29. The molecule has 8 rings (SSSR count). The van der Waals surface area contributed by atoms with E-state index >= 15 is 0 Å². The Morgan fingerprint density at radius 2 is 0.800 bits per heavy atom. The van der Waals surface area contributed by atoms with Gasteiger partial charge in [0, 0.05) is 0 Å². The first-order valence-corrected chi connectivity index (χ1v) is 13.9. The molecule has 0 nitrogen and oxygen atoms in total. The standard InChI is InChI=1S/C40H26/c1-3-14-33-28(9-1)11-8-18-35(33)32-13-7-12-31(25-32)27-19-21-30(22-20-27)39-26-40-34-15-4-2-10-29(34)23-24-38(40)36-16-5-6-17-37(36)39/h1-26H. The van der Waals surface area contributed by atoms with Crippen molar-refractivity contribution in [1.82, 2.24) is 0 Å². The fraction of sp³-hybridized carbons (Fsp3) is 0. The maximum Gasteiger partial charge on any atom is -0.00928 e. The van der Waals surface area contributed by atoms with Crippen LogP contribution in [0, 0.1) is 0 Å². The lowest BCUT2D eigenvalue weighted by Crippen LogP contribution is -1.87. The van der Waals surface area contributed by atoms with Crippen LogP contribution in [0.15, 0.2) is 158 Å². The first-order valence-electron chi connectivity index (χ1n) is 13.9. The van der Waals surface area contributed by atoms with Gasteiger partial charge < -0.3 is 0 Å². The summed E-state index contributed by atoms with van der Waals surface area (Å²) in [6.07, 6.45) is 0. The van der Waals surface area contributed by atoms with E-state index < -0.39 is 0 Å². The minimum Gasteiger partial charge on any atom is -0.0616 e. The molecule has 40 heavy (non-hydrogen) atoms. The van der Waals surface area contributed by atoms with Crippen LogP contribution < -0.4 is 0 Å². The molecule has 0 fully saturated rings. The quantitative estimate of drug-likeness (QED) is 0.209. The minimum atomic E-state index is 1.22. The first kappa shape index (κ1) is 22.8. The first-order chi connectivity index (χ1) is 19.8. The third kappa shape index (κ3) is 3.69. The summed E-state index contributed by atoms with van der Waals surface area (Å²) in [6.45, 7) is 0. The molecular weight excluding hydrogens is 480 g/mol. The van der Waals surface area contributed by atoms with Crippen LogP contribution in [0.1, 0.15) is 0 Å². The highest BCUT2D eigenvalue weighted by Gasteiger charge is 2.11. The monoisotopic (exact) mass is 506 g/mol. The molecule has 186 valence electrons. The van der Waals surface area contributed by atoms with Crippen LogP contribution >= 0.6 is 0 Å². The molecule has 0 bridgehead atoms. The van der Waals surface area contributed by atoms with Gasteiger partial charge in [-0.05, 0) is 88.6 Å². The summed E-state index contributed by atoms with van der Waals surface area (Å²) in [5, 5.41) is 10.3. The number of hydrogen-bond donors (Lipinski definition) is 0. The zero-order chi connectivity index (χ0) is 26.5. The van der Waals surface area contributed by atoms with Crippen molar-refractivity contribution < 1.29 is 0 Å². The van der Waals surface area contributed by atoms with Gasteiger partial charge in [0.15, 0.2) is 0 Å². The van der Waals surface area contributed by atoms with E-state index in [1.807, 2.05) is 0 Å². The van der Waals surface area contributed by atoms with Crippen LogP contribution in [-0.2, 0) is 0 Å². The third-order valence-corrected chi connectivity index (χ3v) is 8.26. The summed E-state index contributed by atoms with van der Waals surface area (Å²) in [7, 11) is 0. The van der Waals surface area contributed by atoms with Crippen LogP contribution in [0.3, 0.4) is 0 Å². The fourth-order valence-corrected chi connectivity index (χ4v) is 6.29. The molecule has 0 heteroatoms. The average Bonchev–Trinajstić information content (AvgIpc) is 3.04. The summed E-state index contributed by atoms with van der Waals surface area (Å²) < 4.78 is 0. The van der Waals surface area contributed by atoms with Crippen LogP contribution in [0.5, 0.6) is 0 Å². The van der Waals surface area contributed by atoms with Crippen LogP contribution in [0.2, 0.25) is 0 Å². The Morgan fingerprint density at radius 3 is 1.62 bits per heavy atom. The van der Waals surface area contributed by atoms with Crippen molar-refractivity contribution >= 4 is 43.1 Å². The Morgan fingerprint density at radius 1 is 0.225 bits per heavy atom. The second-order valence-corrected chi connectivity index (χ2v) is 10.5. The van der Waals surface area contributed by atoms with E-state index in [0.717, 1.165) is 0 Å². The van der Waals surface area contributed by atoms with E-state index in [0.29, 0.717) is 0 Å². The van der Waals surface area contributed by atoms with E-state index in [2.05, 4.69) is 158 Å². The maximum absolute atomic E-state index is 2.39. The number of benzene rings is 8. The molecule has 0 radical (unpaired) electrons. The maximum atomic E-state index is 2.39. The topological polar surface area (TPSA) is 0 Å². The number of rotatable bonds is 3. The zero-order valence-corrected chi connectivity index (χ0v) is 22.0. The van der Waals surface area contributed by atoms with E-state index in [1.165, 1.54) is 76.5 Å². The second-order valence-electron chi connectivity index (χ2n) is 10.5. The van der Waals surface area contributed by atoms with Crippen molar-refractivity contribution in [1.29, 1.82) is 0 Å². The van der Waals surface area contributed by atoms with Gasteiger partial charge in [-0.3, -0.25) is 0 Å². The van der Waals surface area contributed by atoms with Gasteiger partial charge in [0.1, 0.15) is 0 Å². The Kier molecular flexibility index (Phi) is 5.24. The predicted octanol–water partition coefficient (Wildman–Crippen LogP) is 11.3. The molecule has 0 N–H and O–H groups in total. The molecular formula is C40H26. The van der Waals surface area contributed by atoms with Crippen molar-refractivity contribution in [3.63, 3.8) is 0 Å². The van der Waals surface area contributed by atoms with Gasteiger partial charge in [-0.1, -0.05) is 146 Å². The van der Waals surface area contributed by atoms with Crippen LogP contribution in [0.25, 0.3) is 76.5 Å². The smallest absolute Gasteiger partial charge is 0.00928 e. The summed E-state index contributed by atoms with van der Waals surface area (Å²) in [5.41, 5.74) is 7.47. The van der Waals surface area contributed by atoms with Crippen molar-refractivity contribution in [2.45, 2.75) is 0 Å². The summed E-state index contributed by atoms with van der Waals surface area (Å²) in [5.74, 6) is 0. The zero-order valence-electron chi connectivity index (χ0n) is 22.0. The van der Waals surface area contributed by atoms with E-state index in [9.17, 15) is 0 Å². The average molecular weight is 507 g/mol. The van der Waals surface area contributed by atoms with Gasteiger partial charge in [-0.25, -0.2) is 0 Å². The second kappa shape index (κ2) is 9.22. The molecule has 8 aromatic rings. The molecule has 0 aromatic heterocycles. The lowest BCUT2D eigenvalue weighted by molar-refractivity contribution is 1.60. The summed E-state index contributed by atoms with van der Waals surface area (Å²) >= 11 is 0. The molecule has 0 aliphatic carbocycles. The van der Waals surface area contributed by atoms with Crippen LogP contribution in [-0.4, -0.2) is 0 Å². The highest BCUT2D eigenvalue weighted by molar-refractivity contribution is 6.21. The summed E-state index contributed by atoms with van der Waals surface area (Å²) in [4.78, 5) is 0. The van der Waals surface area contributed by atoms with Gasteiger partial charge in [-0.2, -0.15) is 0 Å². The molecule has 8 aromatic carbocycles. The Hall–Kier alpha value is -5.20. The third-order valence-electron chi connectivity index (χ3n) is 8.26. The molecule has 0 unspecified atom stereocenters. The van der Waals surface area contributed by atoms with Crippen molar-refractivity contribution in [3.05, 3.63) is 158 Å². The van der Waals surface area contributed by atoms with Gasteiger partial charge in [0.05, 0.1) is 0 Å². The molecule has 0 atom stereocenters. The minimum absolute atomic E-state index is 1.22. The highest BCUT2D eigenvalue weighted by atomic mass is 14.2. The summed E-state index contributed by atoms with van der Waals surface area (Å²) in [6, 6.07) is 57.5. The largest absolute Gasteiger partial charge is 0.0616 e. The van der Waals surface area contributed by atoms with Crippen LogP contribution in [0.4, 0.5) is 0 Å². The Bertz CT molecular complexity index is 2190. The molecule has 0 saturated heterocycles. The lowest BCUT2D eigenvalue weighted by atomic mass is 9.90. The predicted molar refractivity (Wildman–Crippen MR) is 173 cm³/mol. The Balaban J connectivity index is 1.25. The molecule has 0 amide bonds. The van der Waals surface area contributed by atoms with E-state index in [-0.39, 0.29) is 0 Å². The van der Waals surface area contributed by atoms with E-state index in [4.69, 9.17) is 0 Å². The van der Waals surface area contributed by atoms with E-state index in [1.54, 1.807) is 0 Å². The van der Waals surface area contributed by atoms with Gasteiger partial charge >= 0.3 is 0 Å². The highest BCUT2D eigenvalue weighted by Crippen LogP contribution is 2.39. The molecule has 0 aliphatic rings. The Labute approximate surface area is 233 Å². The normalized spacial score (nSPS) is 11.5. The lowest BCUT2D eigenvalue weighted by Gasteiger charge is -2.14. The SMILES string of the molecule is c1cc(-c2ccc(-c3cc4c5ccccc5ccc4c4ccccc34)cc2)cc(-c2cccc3ccccc23)c1. The molecule has 0 spiro atoms. The number of fused-ring (bicyclic) bond motifs is 6. The number of hydrogen-bond acceptors (Lipinski definition) is 0. The van der Waals surface area contributed by atoms with Crippen molar-refractivity contribution in [3.8, 4) is 33.4 Å². The molecule has 0 saturated carbocycles. The molecule has 0 aliphatic heterocycles.